The van der Waals surface area contributed by atoms with Gasteiger partial charge in [0.25, 0.3) is 0 Å². The third kappa shape index (κ3) is 3.29. The number of nitrogens with one attached hydrogen (secondary N) is 1. The van der Waals surface area contributed by atoms with Crippen molar-refractivity contribution >= 4 is 17.2 Å². The summed E-state index contributed by atoms with van der Waals surface area (Å²) in [6.07, 6.45) is 6.26. The molecule has 100 valence electrons. The van der Waals surface area contributed by atoms with Gasteiger partial charge in [0, 0.05) is 17.0 Å². The van der Waals surface area contributed by atoms with E-state index in [9.17, 15) is 4.79 Å². The van der Waals surface area contributed by atoms with Crippen molar-refractivity contribution in [2.45, 2.75) is 39.2 Å². The Balaban J connectivity index is 1.86. The van der Waals surface area contributed by atoms with Crippen molar-refractivity contribution in [3.8, 4) is 0 Å². The van der Waals surface area contributed by atoms with Crippen LogP contribution in [0.3, 0.4) is 0 Å². The second-order valence-electron chi connectivity index (χ2n) is 4.95. The highest BCUT2D eigenvalue weighted by Crippen LogP contribution is 2.29. The number of carbonyl (C=O) groups is 1. The molecular weight excluding hydrogens is 246 g/mol. The summed E-state index contributed by atoms with van der Waals surface area (Å²) in [7, 11) is 0. The maximum atomic E-state index is 12.2. The van der Waals surface area contributed by atoms with Gasteiger partial charge < -0.3 is 11.1 Å². The van der Waals surface area contributed by atoms with E-state index >= 15 is 0 Å². The highest BCUT2D eigenvalue weighted by Gasteiger charge is 2.29. The Kier molecular flexibility index (Phi) is 4.72. The molecule has 2 atom stereocenters. The van der Waals surface area contributed by atoms with E-state index in [1.54, 1.807) is 11.3 Å². The van der Waals surface area contributed by atoms with Crippen LogP contribution < -0.4 is 11.1 Å². The van der Waals surface area contributed by atoms with E-state index in [4.69, 9.17) is 5.73 Å². The van der Waals surface area contributed by atoms with E-state index in [1.165, 1.54) is 6.42 Å². The molecule has 2 rings (SSSR count). The van der Waals surface area contributed by atoms with E-state index < -0.39 is 0 Å². The topological polar surface area (TPSA) is 68.0 Å². The molecule has 18 heavy (non-hydrogen) atoms. The van der Waals surface area contributed by atoms with Crippen LogP contribution in [-0.2, 0) is 11.3 Å². The molecular formula is C13H21N3OS. The number of aromatic nitrogens is 1. The second kappa shape index (κ2) is 6.29. The Morgan fingerprint density at radius 2 is 2.33 bits per heavy atom. The molecule has 3 N–H and O–H groups in total. The number of nitrogens with two attached hydrogens (primary N) is 1. The van der Waals surface area contributed by atoms with Gasteiger partial charge in [-0.3, -0.25) is 4.79 Å². The van der Waals surface area contributed by atoms with Crippen molar-refractivity contribution in [3.63, 3.8) is 0 Å². The summed E-state index contributed by atoms with van der Waals surface area (Å²) in [5.74, 6) is 0.635. The van der Waals surface area contributed by atoms with E-state index in [0.717, 1.165) is 29.1 Å². The average molecular weight is 267 g/mol. The minimum absolute atomic E-state index is 0.109. The van der Waals surface area contributed by atoms with Gasteiger partial charge in [-0.1, -0.05) is 12.8 Å². The van der Waals surface area contributed by atoms with E-state index in [2.05, 4.69) is 10.3 Å². The van der Waals surface area contributed by atoms with Gasteiger partial charge >= 0.3 is 0 Å². The van der Waals surface area contributed by atoms with Crippen LogP contribution in [0.1, 0.15) is 35.6 Å². The lowest BCUT2D eigenvalue weighted by Crippen LogP contribution is -2.39. The molecule has 1 saturated carbocycles. The summed E-state index contributed by atoms with van der Waals surface area (Å²) in [4.78, 5) is 17.5. The van der Waals surface area contributed by atoms with Crippen LogP contribution in [0.15, 0.2) is 6.20 Å². The normalized spacial score (nSPS) is 23.9. The molecule has 1 aliphatic carbocycles. The highest BCUT2D eigenvalue weighted by molar-refractivity contribution is 7.11. The number of thiazole rings is 1. The number of nitrogens with zero attached hydrogens (tertiary/aromatic N) is 1. The molecule has 1 aromatic heterocycles. The standard InChI is InChI=1S/C13H21N3OS/c1-9-15-7-11(18-9)8-16-13(17)12-5-3-2-4-10(12)6-14/h7,10,12H,2-6,8,14H2,1H3,(H,16,17). The fourth-order valence-corrected chi connectivity index (χ4v) is 3.36. The second-order valence-corrected chi connectivity index (χ2v) is 6.27. The summed E-state index contributed by atoms with van der Waals surface area (Å²) >= 11 is 1.63. The van der Waals surface area contributed by atoms with Crippen LogP contribution in [0.25, 0.3) is 0 Å². The Labute approximate surface area is 112 Å². The number of aryl methyl sites for hydroxylation is 1. The Morgan fingerprint density at radius 1 is 1.56 bits per heavy atom. The fourth-order valence-electron chi connectivity index (χ4n) is 2.63. The van der Waals surface area contributed by atoms with Gasteiger partial charge in [-0.15, -0.1) is 11.3 Å². The van der Waals surface area contributed by atoms with Crippen LogP contribution in [0.2, 0.25) is 0 Å². The molecule has 0 aliphatic heterocycles. The zero-order valence-electron chi connectivity index (χ0n) is 10.8. The van der Waals surface area contributed by atoms with Gasteiger partial charge in [0.05, 0.1) is 11.6 Å². The monoisotopic (exact) mass is 267 g/mol. The first-order valence-electron chi connectivity index (χ1n) is 6.59. The zero-order valence-corrected chi connectivity index (χ0v) is 11.6. The lowest BCUT2D eigenvalue weighted by atomic mass is 9.79. The summed E-state index contributed by atoms with van der Waals surface area (Å²) in [6, 6.07) is 0. The Bertz CT molecular complexity index is 405. The smallest absolute Gasteiger partial charge is 0.223 e. The largest absolute Gasteiger partial charge is 0.351 e. The summed E-state index contributed by atoms with van der Waals surface area (Å²) in [5, 5.41) is 4.06. The quantitative estimate of drug-likeness (QED) is 0.874. The van der Waals surface area contributed by atoms with Gasteiger partial charge in [0.2, 0.25) is 5.91 Å². The predicted octanol–water partition coefficient (Wildman–Crippen LogP) is 1.83. The van der Waals surface area contributed by atoms with E-state index in [1.807, 2.05) is 13.1 Å². The lowest BCUT2D eigenvalue weighted by Gasteiger charge is -2.29. The summed E-state index contributed by atoms with van der Waals surface area (Å²) < 4.78 is 0. The molecule has 1 amide bonds. The van der Waals surface area contributed by atoms with Gasteiger partial charge in [0.1, 0.15) is 0 Å². The number of carbonyl (C=O) groups excluding carboxylic acids is 1. The third-order valence-electron chi connectivity index (χ3n) is 3.65. The maximum Gasteiger partial charge on any atom is 0.223 e. The molecule has 1 fully saturated rings. The Morgan fingerprint density at radius 3 is 3.00 bits per heavy atom. The highest BCUT2D eigenvalue weighted by atomic mass is 32.1. The molecule has 0 aromatic carbocycles. The number of amides is 1. The Hall–Kier alpha value is -0.940. The number of rotatable bonds is 4. The minimum Gasteiger partial charge on any atom is -0.351 e. The van der Waals surface area contributed by atoms with Gasteiger partial charge in [-0.05, 0) is 32.2 Å². The summed E-state index contributed by atoms with van der Waals surface area (Å²) in [6.45, 7) is 3.19. The van der Waals surface area contributed by atoms with Gasteiger partial charge in [0.15, 0.2) is 0 Å². The zero-order chi connectivity index (χ0) is 13.0. The van der Waals surface area contributed by atoms with Crippen LogP contribution in [-0.4, -0.2) is 17.4 Å². The first-order valence-corrected chi connectivity index (χ1v) is 7.41. The molecule has 0 bridgehead atoms. The first kappa shape index (κ1) is 13.5. The molecule has 2 unspecified atom stereocenters. The first-order chi connectivity index (χ1) is 8.70. The molecule has 0 radical (unpaired) electrons. The van der Waals surface area contributed by atoms with Crippen molar-refractivity contribution in [1.29, 1.82) is 0 Å². The van der Waals surface area contributed by atoms with Crippen molar-refractivity contribution < 1.29 is 4.79 Å². The van der Waals surface area contributed by atoms with Gasteiger partial charge in [-0.25, -0.2) is 4.98 Å². The molecule has 1 aromatic rings. The van der Waals surface area contributed by atoms with Gasteiger partial charge in [-0.2, -0.15) is 0 Å². The van der Waals surface area contributed by atoms with E-state index in [0.29, 0.717) is 19.0 Å². The van der Waals surface area contributed by atoms with Crippen molar-refractivity contribution in [2.24, 2.45) is 17.6 Å². The van der Waals surface area contributed by atoms with Crippen molar-refractivity contribution in [2.75, 3.05) is 6.54 Å². The molecule has 1 heterocycles. The van der Waals surface area contributed by atoms with E-state index in [-0.39, 0.29) is 11.8 Å². The number of hydrogen-bond donors (Lipinski definition) is 2. The molecule has 0 saturated heterocycles. The fraction of sp³-hybridized carbons (Fsp3) is 0.692. The van der Waals surface area contributed by atoms with Crippen LogP contribution in [0.5, 0.6) is 0 Å². The predicted molar refractivity (Wildman–Crippen MR) is 73.2 cm³/mol. The SMILES string of the molecule is Cc1ncc(CNC(=O)C2CCCCC2CN)s1. The average Bonchev–Trinajstić information content (AvgIpc) is 2.81. The molecule has 1 aliphatic rings. The number of hydrogen-bond acceptors (Lipinski definition) is 4. The summed E-state index contributed by atoms with van der Waals surface area (Å²) in [5.41, 5.74) is 5.75. The molecule has 5 heteroatoms. The van der Waals surface area contributed by atoms with Crippen molar-refractivity contribution in [1.82, 2.24) is 10.3 Å². The molecule has 0 spiro atoms. The van der Waals surface area contributed by atoms with Crippen LogP contribution in [0, 0.1) is 18.8 Å². The van der Waals surface area contributed by atoms with Crippen LogP contribution in [0.4, 0.5) is 0 Å². The van der Waals surface area contributed by atoms with Crippen molar-refractivity contribution in [3.05, 3.63) is 16.1 Å². The lowest BCUT2D eigenvalue weighted by molar-refractivity contribution is -0.127. The molecule has 4 nitrogen and oxygen atoms in total. The minimum atomic E-state index is 0.109. The third-order valence-corrected chi connectivity index (χ3v) is 4.57. The maximum absolute atomic E-state index is 12.2. The van der Waals surface area contributed by atoms with Crippen LogP contribution >= 0.6 is 11.3 Å².